The maximum absolute atomic E-state index is 10.5. The van der Waals surface area contributed by atoms with E-state index in [4.69, 9.17) is 0 Å². The molecule has 0 bridgehead atoms. The molecule has 1 aromatic rings. The Kier molecular flexibility index (Phi) is 6.79. The van der Waals surface area contributed by atoms with E-state index in [1.54, 1.807) is 12.4 Å². The number of hydrogen-bond acceptors (Lipinski definition) is 2. The lowest BCUT2D eigenvalue weighted by Crippen LogP contribution is -2.03. The van der Waals surface area contributed by atoms with Crippen molar-refractivity contribution in [1.29, 1.82) is 0 Å². The van der Waals surface area contributed by atoms with Gasteiger partial charge in [-0.3, -0.25) is 9.78 Å². The van der Waals surface area contributed by atoms with Gasteiger partial charge < -0.3 is 0 Å². The van der Waals surface area contributed by atoms with Crippen LogP contribution in [-0.2, 0) is 4.79 Å². The second-order valence-corrected chi connectivity index (χ2v) is 3.00. The lowest BCUT2D eigenvalue weighted by atomic mass is 10.1. The van der Waals surface area contributed by atoms with Crippen molar-refractivity contribution in [3.8, 4) is 0 Å². The first kappa shape index (κ1) is 11.8. The molecule has 0 aliphatic carbocycles. The fraction of sp³-hybridized carbons (Fsp3) is 0.455. The molecule has 0 saturated carbocycles. The summed E-state index contributed by atoms with van der Waals surface area (Å²) in [6.45, 7) is 5.74. The van der Waals surface area contributed by atoms with E-state index in [2.05, 4.69) is 4.98 Å². The van der Waals surface area contributed by atoms with Gasteiger partial charge >= 0.3 is 0 Å². The SMILES string of the molecule is CCC(=O)C(C)C.c1ccncc1. The fourth-order valence-corrected chi connectivity index (χ4v) is 0.721. The van der Waals surface area contributed by atoms with E-state index in [0.29, 0.717) is 12.2 Å². The molecule has 0 radical (unpaired) electrons. The predicted octanol–water partition coefficient (Wildman–Crippen LogP) is 2.70. The first-order chi connectivity index (χ1) is 6.18. The summed E-state index contributed by atoms with van der Waals surface area (Å²) in [5.74, 6) is 0.574. The largest absolute Gasteiger partial charge is 0.299 e. The van der Waals surface area contributed by atoms with E-state index < -0.39 is 0 Å². The van der Waals surface area contributed by atoms with Gasteiger partial charge in [-0.15, -0.1) is 0 Å². The molecule has 1 heterocycles. The standard InChI is InChI=1S/C6H12O.C5H5N/c1-4-6(7)5(2)3;1-2-4-6-5-3-1/h5H,4H2,1-3H3;1-5H. The summed E-state index contributed by atoms with van der Waals surface area (Å²) in [6, 6.07) is 5.72. The van der Waals surface area contributed by atoms with Gasteiger partial charge in [0.2, 0.25) is 0 Å². The van der Waals surface area contributed by atoms with Crippen LogP contribution in [0.4, 0.5) is 0 Å². The Hall–Kier alpha value is -1.18. The van der Waals surface area contributed by atoms with E-state index in [1.807, 2.05) is 39.0 Å². The van der Waals surface area contributed by atoms with Crippen LogP contribution in [0.1, 0.15) is 27.2 Å². The Morgan fingerprint density at radius 1 is 1.23 bits per heavy atom. The van der Waals surface area contributed by atoms with E-state index in [9.17, 15) is 4.79 Å². The Morgan fingerprint density at radius 3 is 1.85 bits per heavy atom. The molecule has 0 atom stereocenters. The fourth-order valence-electron chi connectivity index (χ4n) is 0.721. The van der Waals surface area contributed by atoms with Crippen molar-refractivity contribution in [3.63, 3.8) is 0 Å². The zero-order valence-electron chi connectivity index (χ0n) is 8.53. The number of aromatic nitrogens is 1. The molecule has 0 unspecified atom stereocenters. The minimum Gasteiger partial charge on any atom is -0.299 e. The van der Waals surface area contributed by atoms with Gasteiger partial charge in [-0.05, 0) is 12.1 Å². The number of Topliss-reactive ketones (excluding diaryl/α,β-unsaturated/α-hetero) is 1. The van der Waals surface area contributed by atoms with Gasteiger partial charge in [-0.2, -0.15) is 0 Å². The van der Waals surface area contributed by atoms with Crippen molar-refractivity contribution in [2.75, 3.05) is 0 Å². The zero-order chi connectivity index (χ0) is 10.1. The summed E-state index contributed by atoms with van der Waals surface area (Å²) in [6.07, 6.45) is 4.18. The van der Waals surface area contributed by atoms with E-state index in [1.165, 1.54) is 0 Å². The minimum absolute atomic E-state index is 0.227. The number of carbonyl (C=O) groups excluding carboxylic acids is 1. The van der Waals surface area contributed by atoms with Crippen LogP contribution in [0.3, 0.4) is 0 Å². The second kappa shape index (κ2) is 7.47. The van der Waals surface area contributed by atoms with Crippen LogP contribution in [0.25, 0.3) is 0 Å². The third-order valence-corrected chi connectivity index (χ3v) is 1.56. The number of hydrogen-bond donors (Lipinski definition) is 0. The number of nitrogens with zero attached hydrogens (tertiary/aromatic N) is 1. The highest BCUT2D eigenvalue weighted by molar-refractivity contribution is 5.79. The van der Waals surface area contributed by atoms with E-state index in [0.717, 1.165) is 0 Å². The molecule has 0 fully saturated rings. The lowest BCUT2D eigenvalue weighted by molar-refractivity contribution is -0.121. The molecule has 0 N–H and O–H groups in total. The normalized spacial score (nSPS) is 8.92. The summed E-state index contributed by atoms with van der Waals surface area (Å²) >= 11 is 0. The molecule has 2 heteroatoms. The highest BCUT2D eigenvalue weighted by Gasteiger charge is 2.00. The van der Waals surface area contributed by atoms with Crippen LogP contribution in [0.5, 0.6) is 0 Å². The highest BCUT2D eigenvalue weighted by atomic mass is 16.1. The van der Waals surface area contributed by atoms with Crippen molar-refractivity contribution < 1.29 is 4.79 Å². The number of carbonyl (C=O) groups is 1. The van der Waals surface area contributed by atoms with Crippen molar-refractivity contribution in [2.45, 2.75) is 27.2 Å². The number of rotatable bonds is 2. The van der Waals surface area contributed by atoms with Crippen molar-refractivity contribution in [1.82, 2.24) is 4.98 Å². The van der Waals surface area contributed by atoms with Gasteiger partial charge in [0.25, 0.3) is 0 Å². The minimum atomic E-state index is 0.227. The third kappa shape index (κ3) is 7.19. The molecule has 1 aromatic heterocycles. The molecule has 0 aliphatic rings. The van der Waals surface area contributed by atoms with Gasteiger partial charge in [0.05, 0.1) is 0 Å². The quantitative estimate of drug-likeness (QED) is 0.698. The molecule has 72 valence electrons. The Morgan fingerprint density at radius 2 is 1.77 bits per heavy atom. The molecular formula is C11H17NO. The monoisotopic (exact) mass is 179 g/mol. The van der Waals surface area contributed by atoms with Gasteiger partial charge in [0, 0.05) is 24.7 Å². The zero-order valence-corrected chi connectivity index (χ0v) is 8.53. The van der Waals surface area contributed by atoms with Crippen LogP contribution in [-0.4, -0.2) is 10.8 Å². The van der Waals surface area contributed by atoms with Gasteiger partial charge in [-0.25, -0.2) is 0 Å². The first-order valence-electron chi connectivity index (χ1n) is 4.56. The molecule has 0 saturated heterocycles. The molecule has 2 nitrogen and oxygen atoms in total. The summed E-state index contributed by atoms with van der Waals surface area (Å²) in [7, 11) is 0. The molecule has 0 amide bonds. The molecule has 0 aromatic carbocycles. The first-order valence-corrected chi connectivity index (χ1v) is 4.56. The van der Waals surface area contributed by atoms with Crippen LogP contribution in [0.2, 0.25) is 0 Å². The summed E-state index contributed by atoms with van der Waals surface area (Å²) in [5.41, 5.74) is 0. The molecule has 13 heavy (non-hydrogen) atoms. The maximum atomic E-state index is 10.5. The average molecular weight is 179 g/mol. The smallest absolute Gasteiger partial charge is 0.135 e. The Labute approximate surface area is 80.0 Å². The molecule has 0 spiro atoms. The molecule has 0 aliphatic heterocycles. The topological polar surface area (TPSA) is 30.0 Å². The Balaban J connectivity index is 0.000000223. The van der Waals surface area contributed by atoms with E-state index in [-0.39, 0.29) is 5.92 Å². The molecule has 1 rings (SSSR count). The van der Waals surface area contributed by atoms with Crippen LogP contribution < -0.4 is 0 Å². The van der Waals surface area contributed by atoms with Crippen LogP contribution in [0.15, 0.2) is 30.6 Å². The number of pyridine rings is 1. The Bertz CT molecular complexity index is 192. The van der Waals surface area contributed by atoms with Crippen LogP contribution in [0, 0.1) is 5.92 Å². The summed E-state index contributed by atoms with van der Waals surface area (Å²) in [5, 5.41) is 0. The average Bonchev–Trinajstić information content (AvgIpc) is 2.20. The second-order valence-electron chi connectivity index (χ2n) is 3.00. The third-order valence-electron chi connectivity index (χ3n) is 1.56. The summed E-state index contributed by atoms with van der Waals surface area (Å²) < 4.78 is 0. The predicted molar refractivity (Wildman–Crippen MR) is 54.4 cm³/mol. The maximum Gasteiger partial charge on any atom is 0.135 e. The van der Waals surface area contributed by atoms with Crippen molar-refractivity contribution in [2.24, 2.45) is 5.92 Å². The highest BCUT2D eigenvalue weighted by Crippen LogP contribution is 1.95. The van der Waals surface area contributed by atoms with Crippen molar-refractivity contribution >= 4 is 5.78 Å². The lowest BCUT2D eigenvalue weighted by Gasteiger charge is -1.96. The van der Waals surface area contributed by atoms with Gasteiger partial charge in [-0.1, -0.05) is 26.8 Å². The summed E-state index contributed by atoms with van der Waals surface area (Å²) in [4.78, 5) is 14.3. The van der Waals surface area contributed by atoms with E-state index >= 15 is 0 Å². The number of ketones is 1. The van der Waals surface area contributed by atoms with Gasteiger partial charge in [0.15, 0.2) is 0 Å². The van der Waals surface area contributed by atoms with Crippen molar-refractivity contribution in [3.05, 3.63) is 30.6 Å². The van der Waals surface area contributed by atoms with Crippen LogP contribution >= 0.6 is 0 Å². The van der Waals surface area contributed by atoms with Gasteiger partial charge in [0.1, 0.15) is 5.78 Å². The molecular weight excluding hydrogens is 162 g/mol.